The van der Waals surface area contributed by atoms with E-state index in [0.717, 1.165) is 31.6 Å². The number of nitrogens with one attached hydrogen (secondary N) is 2. The van der Waals surface area contributed by atoms with Crippen LogP contribution in [0.1, 0.15) is 29.6 Å². The summed E-state index contributed by atoms with van der Waals surface area (Å²) in [5.41, 5.74) is 2.10. The van der Waals surface area contributed by atoms with Crippen LogP contribution in [-0.4, -0.2) is 29.0 Å². The standard InChI is InChI=1S/C20H19ClN4O2/c21-13-4-5-16-14(10-13)15(11-19(26)23-16)20(27)24-17-12-22-7-6-18(17)25-8-2-1-3-9-25/h4-7,10-12H,1-3,8-9H2,(H,23,26)(H,24,27). The molecule has 6 nitrogen and oxygen atoms in total. The lowest BCUT2D eigenvalue weighted by Crippen LogP contribution is -2.30. The summed E-state index contributed by atoms with van der Waals surface area (Å²) in [5.74, 6) is -0.361. The van der Waals surface area contributed by atoms with E-state index in [1.807, 2.05) is 6.07 Å². The summed E-state index contributed by atoms with van der Waals surface area (Å²) in [6.45, 7) is 1.91. The number of rotatable bonds is 3. The van der Waals surface area contributed by atoms with Crippen molar-refractivity contribution < 1.29 is 4.79 Å². The maximum atomic E-state index is 13.0. The number of nitrogens with zero attached hydrogens (tertiary/aromatic N) is 2. The van der Waals surface area contributed by atoms with Gasteiger partial charge in [-0.15, -0.1) is 0 Å². The first-order valence-corrected chi connectivity index (χ1v) is 9.32. The number of carbonyl (C=O) groups excluding carboxylic acids is 1. The number of aromatic amines is 1. The molecule has 27 heavy (non-hydrogen) atoms. The van der Waals surface area contributed by atoms with Gasteiger partial charge in [-0.3, -0.25) is 14.6 Å². The van der Waals surface area contributed by atoms with Gasteiger partial charge in [-0.1, -0.05) is 11.6 Å². The molecule has 1 aromatic carbocycles. The fourth-order valence-electron chi connectivity index (χ4n) is 3.50. The zero-order valence-electron chi connectivity index (χ0n) is 14.7. The van der Waals surface area contributed by atoms with E-state index in [9.17, 15) is 9.59 Å². The molecular weight excluding hydrogens is 364 g/mol. The van der Waals surface area contributed by atoms with Crippen molar-refractivity contribution in [3.05, 3.63) is 63.7 Å². The third-order valence-electron chi connectivity index (χ3n) is 4.79. The molecular formula is C20H19ClN4O2. The number of amides is 1. The third kappa shape index (κ3) is 3.66. The first kappa shape index (κ1) is 17.5. The molecule has 1 saturated heterocycles. The molecule has 0 aliphatic carbocycles. The number of carbonyl (C=O) groups is 1. The van der Waals surface area contributed by atoms with Crippen molar-refractivity contribution >= 4 is 39.8 Å². The minimum Gasteiger partial charge on any atom is -0.370 e. The van der Waals surface area contributed by atoms with Gasteiger partial charge in [0.05, 0.1) is 23.1 Å². The van der Waals surface area contributed by atoms with Crippen LogP contribution in [0.5, 0.6) is 0 Å². The van der Waals surface area contributed by atoms with Crippen molar-refractivity contribution in [1.29, 1.82) is 0 Å². The fraction of sp³-hybridized carbons (Fsp3) is 0.250. The summed E-state index contributed by atoms with van der Waals surface area (Å²) in [7, 11) is 0. The Bertz CT molecular complexity index is 1060. The smallest absolute Gasteiger partial charge is 0.256 e. The average Bonchev–Trinajstić information content (AvgIpc) is 2.69. The van der Waals surface area contributed by atoms with Gasteiger partial charge in [-0.05, 0) is 43.5 Å². The van der Waals surface area contributed by atoms with Crippen molar-refractivity contribution in [1.82, 2.24) is 9.97 Å². The van der Waals surface area contributed by atoms with Crippen molar-refractivity contribution in [3.63, 3.8) is 0 Å². The molecule has 1 fully saturated rings. The molecule has 0 radical (unpaired) electrons. The summed E-state index contributed by atoms with van der Waals surface area (Å²) in [5, 5.41) is 4.02. The first-order chi connectivity index (χ1) is 13.1. The van der Waals surface area contributed by atoms with Gasteiger partial charge in [-0.2, -0.15) is 0 Å². The predicted molar refractivity (Wildman–Crippen MR) is 108 cm³/mol. The molecule has 4 rings (SSSR count). The Kier molecular flexibility index (Phi) is 4.81. The maximum Gasteiger partial charge on any atom is 0.256 e. The molecule has 0 saturated carbocycles. The lowest BCUT2D eigenvalue weighted by molar-refractivity contribution is 0.102. The highest BCUT2D eigenvalue weighted by molar-refractivity contribution is 6.31. The third-order valence-corrected chi connectivity index (χ3v) is 5.03. The minimum atomic E-state index is -0.361. The number of fused-ring (bicyclic) bond motifs is 1. The van der Waals surface area contributed by atoms with Crippen molar-refractivity contribution in [3.8, 4) is 0 Å². The number of piperidine rings is 1. The van der Waals surface area contributed by atoms with Crippen LogP contribution in [0.3, 0.4) is 0 Å². The largest absolute Gasteiger partial charge is 0.370 e. The highest BCUT2D eigenvalue weighted by Crippen LogP contribution is 2.28. The lowest BCUT2D eigenvalue weighted by atomic mass is 10.1. The zero-order chi connectivity index (χ0) is 18.8. The molecule has 0 bridgehead atoms. The zero-order valence-corrected chi connectivity index (χ0v) is 15.4. The summed E-state index contributed by atoms with van der Waals surface area (Å²) < 4.78 is 0. The Hall–Kier alpha value is -2.86. The topological polar surface area (TPSA) is 78.1 Å². The summed E-state index contributed by atoms with van der Waals surface area (Å²) in [6, 6.07) is 8.26. The van der Waals surface area contributed by atoms with Crippen molar-refractivity contribution in [2.24, 2.45) is 0 Å². The molecule has 7 heteroatoms. The number of H-pyrrole nitrogens is 1. The van der Waals surface area contributed by atoms with Crippen molar-refractivity contribution in [2.75, 3.05) is 23.3 Å². The van der Waals surface area contributed by atoms with Gasteiger partial charge >= 0.3 is 0 Å². The van der Waals surface area contributed by atoms with Crippen LogP contribution in [0.25, 0.3) is 10.9 Å². The quantitative estimate of drug-likeness (QED) is 0.721. The van der Waals surface area contributed by atoms with E-state index in [1.165, 1.54) is 12.5 Å². The number of hydrogen-bond acceptors (Lipinski definition) is 4. The number of aromatic nitrogens is 2. The van der Waals surface area contributed by atoms with Crippen LogP contribution in [-0.2, 0) is 0 Å². The average molecular weight is 383 g/mol. The molecule has 1 aliphatic rings. The number of benzene rings is 1. The monoisotopic (exact) mass is 382 g/mol. The Morgan fingerprint density at radius 2 is 1.96 bits per heavy atom. The van der Waals surface area contributed by atoms with E-state index < -0.39 is 0 Å². The number of pyridine rings is 2. The van der Waals surface area contributed by atoms with Gasteiger partial charge in [0.2, 0.25) is 5.56 Å². The van der Waals surface area contributed by atoms with Crippen LogP contribution in [0.2, 0.25) is 5.02 Å². The second kappa shape index (κ2) is 7.40. The van der Waals surface area contributed by atoms with E-state index in [2.05, 4.69) is 20.2 Å². The minimum absolute atomic E-state index is 0.282. The number of anilines is 2. The molecule has 1 amide bonds. The molecule has 2 aromatic heterocycles. The molecule has 0 atom stereocenters. The normalized spacial score (nSPS) is 14.3. The molecule has 1 aliphatic heterocycles. The van der Waals surface area contributed by atoms with Gasteiger partial charge in [-0.25, -0.2) is 0 Å². The Labute approximate surface area is 161 Å². The molecule has 0 spiro atoms. The van der Waals surface area contributed by atoms with E-state index in [0.29, 0.717) is 21.6 Å². The van der Waals surface area contributed by atoms with Crippen LogP contribution in [0, 0.1) is 0 Å². The van der Waals surface area contributed by atoms with Crippen LogP contribution in [0.4, 0.5) is 11.4 Å². The lowest BCUT2D eigenvalue weighted by Gasteiger charge is -2.30. The van der Waals surface area contributed by atoms with E-state index in [1.54, 1.807) is 30.6 Å². The van der Waals surface area contributed by atoms with Crippen molar-refractivity contribution in [2.45, 2.75) is 19.3 Å². The van der Waals surface area contributed by atoms with Crippen LogP contribution in [0.15, 0.2) is 47.5 Å². The number of hydrogen-bond donors (Lipinski definition) is 2. The second-order valence-corrected chi connectivity index (χ2v) is 7.07. The fourth-order valence-corrected chi connectivity index (χ4v) is 3.67. The Morgan fingerprint density at radius 3 is 2.78 bits per heavy atom. The Balaban J connectivity index is 1.70. The van der Waals surface area contributed by atoms with E-state index >= 15 is 0 Å². The molecule has 0 unspecified atom stereocenters. The van der Waals surface area contributed by atoms with E-state index in [4.69, 9.17) is 11.6 Å². The molecule has 3 aromatic rings. The summed E-state index contributed by atoms with van der Waals surface area (Å²) in [4.78, 5) is 34.1. The summed E-state index contributed by atoms with van der Waals surface area (Å²) >= 11 is 6.08. The first-order valence-electron chi connectivity index (χ1n) is 8.95. The summed E-state index contributed by atoms with van der Waals surface area (Å²) in [6.07, 6.45) is 6.86. The second-order valence-electron chi connectivity index (χ2n) is 6.63. The van der Waals surface area contributed by atoms with Gasteiger partial charge < -0.3 is 15.2 Å². The van der Waals surface area contributed by atoms with Gasteiger partial charge in [0, 0.05) is 41.3 Å². The van der Waals surface area contributed by atoms with E-state index in [-0.39, 0.29) is 17.0 Å². The SMILES string of the molecule is O=C(Nc1cnccc1N1CCCCC1)c1cc(=O)[nH]c2ccc(Cl)cc12. The Morgan fingerprint density at radius 1 is 1.15 bits per heavy atom. The van der Waals surface area contributed by atoms with Crippen LogP contribution >= 0.6 is 11.6 Å². The predicted octanol–water partition coefficient (Wildman–Crippen LogP) is 3.82. The number of halogens is 1. The highest BCUT2D eigenvalue weighted by atomic mass is 35.5. The molecule has 138 valence electrons. The highest BCUT2D eigenvalue weighted by Gasteiger charge is 2.18. The van der Waals surface area contributed by atoms with Gasteiger partial charge in [0.1, 0.15) is 0 Å². The molecule has 3 heterocycles. The maximum absolute atomic E-state index is 13.0. The van der Waals surface area contributed by atoms with Gasteiger partial charge in [0.25, 0.3) is 5.91 Å². The van der Waals surface area contributed by atoms with Gasteiger partial charge in [0.15, 0.2) is 0 Å². The van der Waals surface area contributed by atoms with Crippen LogP contribution < -0.4 is 15.8 Å². The molecule has 2 N–H and O–H groups in total.